The molecule has 0 saturated carbocycles. The van der Waals surface area contributed by atoms with Gasteiger partial charge in [-0.2, -0.15) is 11.8 Å². The van der Waals surface area contributed by atoms with Crippen molar-refractivity contribution in [3.05, 3.63) is 29.3 Å². The molecular weight excluding hydrogens is 218 g/mol. The number of carbonyl (C=O) groups excluding carboxylic acids is 1. The maximum atomic E-state index is 11.1. The molecule has 3 heteroatoms. The van der Waals surface area contributed by atoms with E-state index in [2.05, 4.69) is 24.0 Å². The molecular formula is C13H17NOS. The highest BCUT2D eigenvalue weighted by Gasteiger charge is 2.18. The molecule has 1 saturated heterocycles. The van der Waals surface area contributed by atoms with Crippen LogP contribution in [0.2, 0.25) is 0 Å². The molecule has 2 nitrogen and oxygen atoms in total. The van der Waals surface area contributed by atoms with E-state index < -0.39 is 0 Å². The van der Waals surface area contributed by atoms with Crippen LogP contribution < -0.4 is 4.90 Å². The van der Waals surface area contributed by atoms with E-state index in [-0.39, 0.29) is 0 Å². The number of thioether (sulfide) groups is 1. The van der Waals surface area contributed by atoms with Gasteiger partial charge in [0.15, 0.2) is 6.29 Å². The first-order valence-electron chi connectivity index (χ1n) is 5.63. The number of aldehydes is 1. The minimum absolute atomic E-state index is 0.648. The molecule has 0 N–H and O–H groups in total. The SMILES string of the molecule is Cc1ccc(N2CCSC(C)C2)c(C=O)c1. The van der Waals surface area contributed by atoms with E-state index in [0.29, 0.717) is 5.25 Å². The second kappa shape index (κ2) is 4.91. The van der Waals surface area contributed by atoms with Crippen LogP contribution in [0.4, 0.5) is 5.69 Å². The summed E-state index contributed by atoms with van der Waals surface area (Å²) in [6.07, 6.45) is 0.967. The van der Waals surface area contributed by atoms with Crippen molar-refractivity contribution < 1.29 is 4.79 Å². The van der Waals surface area contributed by atoms with Crippen molar-refractivity contribution >= 4 is 23.7 Å². The Bertz CT molecular complexity index is 392. The summed E-state index contributed by atoms with van der Waals surface area (Å²) in [5.41, 5.74) is 3.05. The number of hydrogen-bond donors (Lipinski definition) is 0. The third kappa shape index (κ3) is 2.40. The quantitative estimate of drug-likeness (QED) is 0.735. The highest BCUT2D eigenvalue weighted by Crippen LogP contribution is 2.26. The molecule has 16 heavy (non-hydrogen) atoms. The molecule has 1 unspecified atom stereocenters. The number of rotatable bonds is 2. The zero-order valence-electron chi connectivity index (χ0n) is 9.77. The third-order valence-electron chi connectivity index (χ3n) is 2.89. The molecule has 0 aromatic heterocycles. The number of anilines is 1. The summed E-state index contributed by atoms with van der Waals surface area (Å²) in [5.74, 6) is 1.15. The minimum Gasteiger partial charge on any atom is -0.369 e. The molecule has 0 spiro atoms. The lowest BCUT2D eigenvalue weighted by molar-refractivity contribution is 0.112. The normalized spacial score (nSPS) is 20.9. The molecule has 1 aliphatic rings. The van der Waals surface area contributed by atoms with Crippen LogP contribution in [0.15, 0.2) is 18.2 Å². The van der Waals surface area contributed by atoms with E-state index in [0.717, 1.165) is 41.9 Å². The Balaban J connectivity index is 2.28. The van der Waals surface area contributed by atoms with Gasteiger partial charge in [0.2, 0.25) is 0 Å². The monoisotopic (exact) mass is 235 g/mol. The summed E-state index contributed by atoms with van der Waals surface area (Å²) < 4.78 is 0. The van der Waals surface area contributed by atoms with Gasteiger partial charge in [0.25, 0.3) is 0 Å². The average molecular weight is 235 g/mol. The van der Waals surface area contributed by atoms with E-state index in [1.807, 2.05) is 24.8 Å². The predicted molar refractivity (Wildman–Crippen MR) is 70.7 cm³/mol. The van der Waals surface area contributed by atoms with Gasteiger partial charge in [-0.15, -0.1) is 0 Å². The fourth-order valence-electron chi connectivity index (χ4n) is 2.09. The first-order chi connectivity index (χ1) is 7.70. The van der Waals surface area contributed by atoms with Crippen LogP contribution in [0.3, 0.4) is 0 Å². The Morgan fingerprint density at radius 1 is 1.50 bits per heavy atom. The Morgan fingerprint density at radius 3 is 3.00 bits per heavy atom. The smallest absolute Gasteiger partial charge is 0.152 e. The zero-order chi connectivity index (χ0) is 11.5. The van der Waals surface area contributed by atoms with Crippen LogP contribution in [0.1, 0.15) is 22.8 Å². The van der Waals surface area contributed by atoms with Crippen molar-refractivity contribution in [1.82, 2.24) is 0 Å². The number of hydrogen-bond acceptors (Lipinski definition) is 3. The number of benzene rings is 1. The zero-order valence-corrected chi connectivity index (χ0v) is 10.6. The predicted octanol–water partition coefficient (Wildman–Crippen LogP) is 2.75. The molecule has 1 heterocycles. The van der Waals surface area contributed by atoms with E-state index in [4.69, 9.17) is 0 Å². The molecule has 1 fully saturated rings. The summed E-state index contributed by atoms with van der Waals surface area (Å²) >= 11 is 2.00. The van der Waals surface area contributed by atoms with Crippen LogP contribution >= 0.6 is 11.8 Å². The summed E-state index contributed by atoms with van der Waals surface area (Å²) in [5, 5.41) is 0.648. The lowest BCUT2D eigenvalue weighted by Crippen LogP contribution is -2.37. The molecule has 0 radical (unpaired) electrons. The molecule has 1 aromatic rings. The van der Waals surface area contributed by atoms with Crippen LogP contribution in [-0.4, -0.2) is 30.4 Å². The van der Waals surface area contributed by atoms with Gasteiger partial charge in [-0.1, -0.05) is 18.6 Å². The van der Waals surface area contributed by atoms with Crippen molar-refractivity contribution in [3.8, 4) is 0 Å². The van der Waals surface area contributed by atoms with Crippen LogP contribution in [-0.2, 0) is 0 Å². The fraction of sp³-hybridized carbons (Fsp3) is 0.462. The van der Waals surface area contributed by atoms with Crippen molar-refractivity contribution in [2.24, 2.45) is 0 Å². The lowest BCUT2D eigenvalue weighted by atomic mass is 10.1. The lowest BCUT2D eigenvalue weighted by Gasteiger charge is -2.33. The first-order valence-corrected chi connectivity index (χ1v) is 6.68. The van der Waals surface area contributed by atoms with Gasteiger partial charge in [0, 0.05) is 35.3 Å². The van der Waals surface area contributed by atoms with E-state index >= 15 is 0 Å². The van der Waals surface area contributed by atoms with E-state index in [1.54, 1.807) is 0 Å². The first kappa shape index (κ1) is 11.5. The van der Waals surface area contributed by atoms with Crippen molar-refractivity contribution in [3.63, 3.8) is 0 Å². The van der Waals surface area contributed by atoms with Crippen LogP contribution in [0.5, 0.6) is 0 Å². The third-order valence-corrected chi connectivity index (χ3v) is 4.03. The van der Waals surface area contributed by atoms with Gasteiger partial charge in [-0.3, -0.25) is 4.79 Å². The average Bonchev–Trinajstić information content (AvgIpc) is 2.28. The maximum absolute atomic E-state index is 11.1. The molecule has 1 aromatic carbocycles. The van der Waals surface area contributed by atoms with Gasteiger partial charge in [0.05, 0.1) is 0 Å². The topological polar surface area (TPSA) is 20.3 Å². The van der Waals surface area contributed by atoms with E-state index in [1.165, 1.54) is 0 Å². The van der Waals surface area contributed by atoms with Crippen molar-refractivity contribution in [2.45, 2.75) is 19.1 Å². The Hall–Kier alpha value is -0.960. The Morgan fingerprint density at radius 2 is 2.31 bits per heavy atom. The van der Waals surface area contributed by atoms with Gasteiger partial charge in [-0.25, -0.2) is 0 Å². The number of nitrogens with zero attached hydrogens (tertiary/aromatic N) is 1. The van der Waals surface area contributed by atoms with Crippen LogP contribution in [0, 0.1) is 6.92 Å². The molecule has 0 amide bonds. The fourth-order valence-corrected chi connectivity index (χ4v) is 3.11. The van der Waals surface area contributed by atoms with Gasteiger partial charge >= 0.3 is 0 Å². The summed E-state index contributed by atoms with van der Waals surface area (Å²) in [7, 11) is 0. The standard InChI is InChI=1S/C13H17NOS/c1-10-3-4-13(12(7-10)9-15)14-5-6-16-11(2)8-14/h3-4,7,9,11H,5-6,8H2,1-2H3. The second-order valence-corrected chi connectivity index (χ2v) is 5.85. The van der Waals surface area contributed by atoms with Gasteiger partial charge in [0.1, 0.15) is 0 Å². The summed E-state index contributed by atoms with van der Waals surface area (Å²) in [6.45, 7) is 6.34. The molecule has 0 bridgehead atoms. The molecule has 1 atom stereocenters. The largest absolute Gasteiger partial charge is 0.369 e. The maximum Gasteiger partial charge on any atom is 0.152 e. The van der Waals surface area contributed by atoms with Gasteiger partial charge < -0.3 is 4.90 Å². The highest BCUT2D eigenvalue weighted by atomic mass is 32.2. The molecule has 1 aliphatic heterocycles. The molecule has 0 aliphatic carbocycles. The number of carbonyl (C=O) groups is 1. The van der Waals surface area contributed by atoms with Crippen LogP contribution in [0.25, 0.3) is 0 Å². The Labute approximate surface area is 101 Å². The highest BCUT2D eigenvalue weighted by molar-refractivity contribution is 8.00. The molecule has 86 valence electrons. The minimum atomic E-state index is 0.648. The van der Waals surface area contributed by atoms with E-state index in [9.17, 15) is 4.79 Å². The van der Waals surface area contributed by atoms with Crippen molar-refractivity contribution in [1.29, 1.82) is 0 Å². The van der Waals surface area contributed by atoms with Crippen molar-refractivity contribution in [2.75, 3.05) is 23.7 Å². The number of aryl methyl sites for hydroxylation is 1. The molecule has 2 rings (SSSR count). The Kier molecular flexibility index (Phi) is 3.54. The summed E-state index contributed by atoms with van der Waals surface area (Å²) in [6, 6.07) is 6.12. The summed E-state index contributed by atoms with van der Waals surface area (Å²) in [4.78, 5) is 13.4. The second-order valence-electron chi connectivity index (χ2n) is 4.31. The van der Waals surface area contributed by atoms with Gasteiger partial charge in [-0.05, 0) is 19.1 Å².